The van der Waals surface area contributed by atoms with E-state index in [1.54, 1.807) is 12.1 Å². The lowest BCUT2D eigenvalue weighted by Gasteiger charge is -2.37. The summed E-state index contributed by atoms with van der Waals surface area (Å²) in [7, 11) is 0. The zero-order valence-electron chi connectivity index (χ0n) is 18.0. The molecule has 0 radical (unpaired) electrons. The molecule has 0 aliphatic carbocycles. The van der Waals surface area contributed by atoms with Gasteiger partial charge in [0.25, 0.3) is 0 Å². The van der Waals surface area contributed by atoms with E-state index in [-0.39, 0.29) is 5.56 Å². The third-order valence-electron chi connectivity index (χ3n) is 5.73. The molecule has 1 aliphatic heterocycles. The Hall–Kier alpha value is -3.47. The first-order chi connectivity index (χ1) is 15.0. The molecule has 0 unspecified atom stereocenters. The summed E-state index contributed by atoms with van der Waals surface area (Å²) < 4.78 is 5.92. The lowest BCUT2D eigenvalue weighted by atomic mass is 10.0. The number of piperazine rings is 1. The van der Waals surface area contributed by atoms with E-state index in [1.165, 1.54) is 11.3 Å². The van der Waals surface area contributed by atoms with Crippen LogP contribution in [0.5, 0.6) is 11.5 Å². The maximum atomic E-state index is 11.9. The van der Waals surface area contributed by atoms with Gasteiger partial charge in [0, 0.05) is 37.6 Å². The molecule has 0 atom stereocenters. The van der Waals surface area contributed by atoms with Gasteiger partial charge in [-0.15, -0.1) is 0 Å². The lowest BCUT2D eigenvalue weighted by Crippen LogP contribution is -2.46. The summed E-state index contributed by atoms with van der Waals surface area (Å²) in [6.07, 6.45) is 0. The van der Waals surface area contributed by atoms with Crippen molar-refractivity contribution in [1.82, 2.24) is 0 Å². The van der Waals surface area contributed by atoms with Crippen molar-refractivity contribution in [2.24, 2.45) is 0 Å². The molecule has 4 rings (SSSR count). The van der Waals surface area contributed by atoms with Gasteiger partial charge in [-0.3, -0.25) is 0 Å². The predicted molar refractivity (Wildman–Crippen MR) is 125 cm³/mol. The molecular formula is C26H28N2O3. The molecule has 31 heavy (non-hydrogen) atoms. The van der Waals surface area contributed by atoms with Gasteiger partial charge in [-0.05, 0) is 53.9 Å². The molecule has 0 bridgehead atoms. The van der Waals surface area contributed by atoms with Crippen LogP contribution in [0.2, 0.25) is 0 Å². The highest BCUT2D eigenvalue weighted by Gasteiger charge is 2.20. The van der Waals surface area contributed by atoms with E-state index in [2.05, 4.69) is 47.9 Å². The highest BCUT2D eigenvalue weighted by atomic mass is 16.5. The standard InChI is InChI=1S/C26H28N2O3/c1-19(2)20-8-11-23(12-9-20)31-25-13-10-22(18-24(25)26(29)30)28-16-14-27(15-17-28)21-6-4-3-5-7-21/h3-13,18-19H,14-17H2,1-2H3,(H,29,30). The molecule has 160 valence electrons. The highest BCUT2D eigenvalue weighted by molar-refractivity contribution is 5.92. The molecule has 3 aromatic rings. The minimum Gasteiger partial charge on any atom is -0.478 e. The first kappa shape index (κ1) is 20.8. The van der Waals surface area contributed by atoms with Crippen LogP contribution in [0.1, 0.15) is 35.7 Å². The van der Waals surface area contributed by atoms with Crippen LogP contribution in [-0.2, 0) is 0 Å². The van der Waals surface area contributed by atoms with Crippen LogP contribution in [0.4, 0.5) is 11.4 Å². The topological polar surface area (TPSA) is 53.0 Å². The number of benzene rings is 3. The molecule has 1 saturated heterocycles. The van der Waals surface area contributed by atoms with Crippen molar-refractivity contribution in [3.8, 4) is 11.5 Å². The summed E-state index contributed by atoms with van der Waals surface area (Å²) in [5.74, 6) is 0.441. The molecule has 3 aromatic carbocycles. The minimum atomic E-state index is -0.987. The number of aromatic carboxylic acids is 1. The molecule has 0 saturated carbocycles. The Kier molecular flexibility index (Phi) is 6.12. The quantitative estimate of drug-likeness (QED) is 0.565. The second-order valence-electron chi connectivity index (χ2n) is 8.12. The summed E-state index contributed by atoms with van der Waals surface area (Å²) in [4.78, 5) is 16.5. The molecule has 1 aliphatic rings. The first-order valence-electron chi connectivity index (χ1n) is 10.7. The van der Waals surface area contributed by atoms with Crippen LogP contribution >= 0.6 is 0 Å². The van der Waals surface area contributed by atoms with Gasteiger partial charge in [0.2, 0.25) is 0 Å². The van der Waals surface area contributed by atoms with E-state index >= 15 is 0 Å². The number of carboxylic acids is 1. The zero-order chi connectivity index (χ0) is 21.8. The Bertz CT molecular complexity index is 1020. The van der Waals surface area contributed by atoms with Crippen LogP contribution in [0, 0.1) is 0 Å². The van der Waals surface area contributed by atoms with Crippen molar-refractivity contribution in [3.05, 3.63) is 83.9 Å². The van der Waals surface area contributed by atoms with E-state index in [9.17, 15) is 9.90 Å². The van der Waals surface area contributed by atoms with Crippen LogP contribution in [0.15, 0.2) is 72.8 Å². The van der Waals surface area contributed by atoms with Gasteiger partial charge < -0.3 is 19.6 Å². The molecule has 1 fully saturated rings. The highest BCUT2D eigenvalue weighted by Crippen LogP contribution is 2.31. The Labute approximate surface area is 183 Å². The second-order valence-corrected chi connectivity index (χ2v) is 8.12. The van der Waals surface area contributed by atoms with Gasteiger partial charge >= 0.3 is 5.97 Å². The maximum absolute atomic E-state index is 11.9. The summed E-state index contributed by atoms with van der Waals surface area (Å²) in [6, 6.07) is 23.6. The van der Waals surface area contributed by atoms with Gasteiger partial charge in [-0.25, -0.2) is 4.79 Å². The van der Waals surface area contributed by atoms with Crippen molar-refractivity contribution in [2.45, 2.75) is 19.8 Å². The first-order valence-corrected chi connectivity index (χ1v) is 10.7. The Morgan fingerprint density at radius 1 is 0.839 bits per heavy atom. The van der Waals surface area contributed by atoms with E-state index in [0.717, 1.165) is 31.9 Å². The van der Waals surface area contributed by atoms with Crippen molar-refractivity contribution >= 4 is 17.3 Å². The number of carboxylic acid groups (broad SMARTS) is 1. The fourth-order valence-corrected chi connectivity index (χ4v) is 3.88. The summed E-state index contributed by atoms with van der Waals surface area (Å²) >= 11 is 0. The SMILES string of the molecule is CC(C)c1ccc(Oc2ccc(N3CCN(c4ccccc4)CC3)cc2C(=O)O)cc1. The number of carbonyl (C=O) groups is 1. The molecule has 1 N–H and O–H groups in total. The van der Waals surface area contributed by atoms with Crippen molar-refractivity contribution in [1.29, 1.82) is 0 Å². The van der Waals surface area contributed by atoms with E-state index < -0.39 is 5.97 Å². The maximum Gasteiger partial charge on any atom is 0.339 e. The van der Waals surface area contributed by atoms with Crippen molar-refractivity contribution < 1.29 is 14.6 Å². The number of anilines is 2. The lowest BCUT2D eigenvalue weighted by molar-refractivity contribution is 0.0694. The predicted octanol–water partition coefficient (Wildman–Crippen LogP) is 5.63. The largest absolute Gasteiger partial charge is 0.478 e. The fourth-order valence-electron chi connectivity index (χ4n) is 3.88. The van der Waals surface area contributed by atoms with E-state index in [1.807, 2.05) is 36.4 Å². The third-order valence-corrected chi connectivity index (χ3v) is 5.73. The Morgan fingerprint density at radius 2 is 1.45 bits per heavy atom. The molecule has 5 nitrogen and oxygen atoms in total. The van der Waals surface area contributed by atoms with Gasteiger partial charge in [-0.1, -0.05) is 44.2 Å². The second kappa shape index (κ2) is 9.13. The summed E-state index contributed by atoms with van der Waals surface area (Å²) in [5, 5.41) is 9.77. The summed E-state index contributed by atoms with van der Waals surface area (Å²) in [5.41, 5.74) is 3.53. The van der Waals surface area contributed by atoms with Gasteiger partial charge in [0.05, 0.1) is 0 Å². The van der Waals surface area contributed by atoms with Gasteiger partial charge in [0.15, 0.2) is 0 Å². The molecule has 1 heterocycles. The van der Waals surface area contributed by atoms with E-state index in [0.29, 0.717) is 17.4 Å². The van der Waals surface area contributed by atoms with Crippen LogP contribution < -0.4 is 14.5 Å². The van der Waals surface area contributed by atoms with Crippen LogP contribution in [0.25, 0.3) is 0 Å². The number of rotatable bonds is 6. The van der Waals surface area contributed by atoms with Crippen molar-refractivity contribution in [3.63, 3.8) is 0 Å². The monoisotopic (exact) mass is 416 g/mol. The molecule has 0 spiro atoms. The van der Waals surface area contributed by atoms with Gasteiger partial charge in [-0.2, -0.15) is 0 Å². The summed E-state index contributed by atoms with van der Waals surface area (Å²) in [6.45, 7) is 7.74. The average Bonchev–Trinajstić information content (AvgIpc) is 2.80. The number of nitrogens with zero attached hydrogens (tertiary/aromatic N) is 2. The Balaban J connectivity index is 1.48. The molecule has 0 aromatic heterocycles. The van der Waals surface area contributed by atoms with Crippen LogP contribution in [-0.4, -0.2) is 37.3 Å². The molecular weight excluding hydrogens is 388 g/mol. The number of ether oxygens (including phenoxy) is 1. The minimum absolute atomic E-state index is 0.177. The van der Waals surface area contributed by atoms with Crippen molar-refractivity contribution in [2.75, 3.05) is 36.0 Å². The van der Waals surface area contributed by atoms with Gasteiger partial charge in [0.1, 0.15) is 17.1 Å². The smallest absolute Gasteiger partial charge is 0.339 e. The molecule has 0 amide bonds. The normalized spacial score (nSPS) is 14.0. The Morgan fingerprint density at radius 3 is 2.03 bits per heavy atom. The zero-order valence-corrected chi connectivity index (χ0v) is 18.0. The third kappa shape index (κ3) is 4.82. The number of hydrogen-bond acceptors (Lipinski definition) is 4. The molecule has 5 heteroatoms. The number of hydrogen-bond donors (Lipinski definition) is 1. The number of para-hydroxylation sites is 1. The average molecular weight is 417 g/mol. The van der Waals surface area contributed by atoms with E-state index in [4.69, 9.17) is 4.74 Å². The van der Waals surface area contributed by atoms with Crippen LogP contribution in [0.3, 0.4) is 0 Å². The fraction of sp³-hybridized carbons (Fsp3) is 0.269.